The number of nitrogens with one attached hydrogen (secondary N) is 2. The number of amides is 2. The molecular formula is C20H14ClN3O3S. The van der Waals surface area contributed by atoms with E-state index in [1.54, 1.807) is 29.6 Å². The van der Waals surface area contributed by atoms with Crippen LogP contribution in [0.15, 0.2) is 64.4 Å². The third kappa shape index (κ3) is 3.90. The minimum absolute atomic E-state index is 0.191. The van der Waals surface area contributed by atoms with Crippen LogP contribution in [0.25, 0.3) is 22.4 Å². The molecular weight excluding hydrogens is 398 g/mol. The third-order valence-corrected chi connectivity index (χ3v) is 5.04. The second-order valence-electron chi connectivity index (χ2n) is 5.90. The fraction of sp³-hybridized carbons (Fsp3) is 0.0500. The summed E-state index contributed by atoms with van der Waals surface area (Å²) >= 11 is 7.25. The molecule has 8 heteroatoms. The van der Waals surface area contributed by atoms with Crippen molar-refractivity contribution in [2.75, 3.05) is 11.9 Å². The Bertz CT molecular complexity index is 1140. The number of carbonyl (C=O) groups excluding carboxylic acids is 2. The highest BCUT2D eigenvalue weighted by Gasteiger charge is 2.14. The van der Waals surface area contributed by atoms with Gasteiger partial charge in [-0.25, -0.2) is 4.98 Å². The molecule has 2 N–H and O–H groups in total. The van der Waals surface area contributed by atoms with Gasteiger partial charge >= 0.3 is 0 Å². The van der Waals surface area contributed by atoms with Gasteiger partial charge < -0.3 is 15.1 Å². The minimum atomic E-state index is -0.414. The van der Waals surface area contributed by atoms with Crippen molar-refractivity contribution >= 4 is 50.9 Å². The largest absolute Gasteiger partial charge is 0.454 e. The van der Waals surface area contributed by atoms with Gasteiger partial charge in [0.1, 0.15) is 11.3 Å². The molecule has 2 heterocycles. The summed E-state index contributed by atoms with van der Waals surface area (Å²) in [7, 11) is 0. The Morgan fingerprint density at radius 3 is 2.71 bits per heavy atom. The number of benzene rings is 2. The number of aromatic nitrogens is 1. The Labute approximate surface area is 169 Å². The zero-order valence-electron chi connectivity index (χ0n) is 14.4. The molecule has 2 amide bonds. The zero-order chi connectivity index (χ0) is 19.5. The molecule has 0 bridgehead atoms. The first-order chi connectivity index (χ1) is 13.6. The first kappa shape index (κ1) is 18.2. The normalized spacial score (nSPS) is 10.8. The molecule has 0 unspecified atom stereocenters. The molecule has 0 fully saturated rings. The fourth-order valence-electron chi connectivity index (χ4n) is 2.62. The second kappa shape index (κ2) is 7.84. The molecule has 0 aliphatic heterocycles. The summed E-state index contributed by atoms with van der Waals surface area (Å²) in [4.78, 5) is 28.6. The molecule has 0 radical (unpaired) electrons. The van der Waals surface area contributed by atoms with Crippen molar-refractivity contribution in [2.45, 2.75) is 0 Å². The van der Waals surface area contributed by atoms with Crippen LogP contribution < -0.4 is 10.6 Å². The van der Waals surface area contributed by atoms with Crippen molar-refractivity contribution in [1.29, 1.82) is 0 Å². The average molecular weight is 412 g/mol. The molecule has 2 aromatic carbocycles. The van der Waals surface area contributed by atoms with E-state index < -0.39 is 5.91 Å². The van der Waals surface area contributed by atoms with E-state index in [4.69, 9.17) is 16.0 Å². The Hall–Kier alpha value is -3.16. The number of furan rings is 1. The number of thiazole rings is 1. The van der Waals surface area contributed by atoms with Gasteiger partial charge in [0, 0.05) is 10.8 Å². The van der Waals surface area contributed by atoms with Crippen LogP contribution in [-0.4, -0.2) is 23.3 Å². The van der Waals surface area contributed by atoms with Gasteiger partial charge in [-0.2, -0.15) is 0 Å². The van der Waals surface area contributed by atoms with Gasteiger partial charge in [-0.1, -0.05) is 41.9 Å². The molecule has 4 rings (SSSR count). The van der Waals surface area contributed by atoms with Crippen molar-refractivity contribution in [3.63, 3.8) is 0 Å². The lowest BCUT2D eigenvalue weighted by molar-refractivity contribution is -0.115. The Morgan fingerprint density at radius 1 is 1.11 bits per heavy atom. The van der Waals surface area contributed by atoms with Crippen LogP contribution in [0.5, 0.6) is 0 Å². The van der Waals surface area contributed by atoms with Gasteiger partial charge in [-0.15, -0.1) is 11.3 Å². The van der Waals surface area contributed by atoms with Crippen LogP contribution in [0.3, 0.4) is 0 Å². The summed E-state index contributed by atoms with van der Waals surface area (Å²) < 4.78 is 5.77. The summed E-state index contributed by atoms with van der Waals surface area (Å²) in [6.45, 7) is -0.191. The van der Waals surface area contributed by atoms with Gasteiger partial charge in [0.05, 0.1) is 17.1 Å². The van der Waals surface area contributed by atoms with E-state index in [0.29, 0.717) is 27.2 Å². The van der Waals surface area contributed by atoms with E-state index in [2.05, 4.69) is 15.6 Å². The highest BCUT2D eigenvalue weighted by molar-refractivity contribution is 7.14. The Balaban J connectivity index is 1.38. The summed E-state index contributed by atoms with van der Waals surface area (Å²) in [5.74, 6) is -0.168. The average Bonchev–Trinajstić information content (AvgIpc) is 3.33. The number of fused-ring (bicyclic) bond motifs is 1. The molecule has 0 atom stereocenters. The molecule has 0 aliphatic carbocycles. The molecule has 0 saturated heterocycles. The van der Waals surface area contributed by atoms with E-state index in [0.717, 1.165) is 11.0 Å². The standard InChI is InChI=1S/C20H14ClN3O3S/c21-14-7-3-2-6-13(14)19(26)22-10-18(25)24-20-23-15(11-28-20)17-9-12-5-1-4-8-16(12)27-17/h1-9,11H,10H2,(H,22,26)(H,23,24,25). The van der Waals surface area contributed by atoms with Crippen molar-refractivity contribution in [2.24, 2.45) is 0 Å². The van der Waals surface area contributed by atoms with E-state index >= 15 is 0 Å². The van der Waals surface area contributed by atoms with Crippen molar-refractivity contribution in [3.8, 4) is 11.5 Å². The number of anilines is 1. The molecule has 28 heavy (non-hydrogen) atoms. The van der Waals surface area contributed by atoms with E-state index in [-0.39, 0.29) is 12.5 Å². The van der Waals surface area contributed by atoms with Crippen LogP contribution in [0.4, 0.5) is 5.13 Å². The van der Waals surface area contributed by atoms with Crippen molar-refractivity contribution in [3.05, 3.63) is 70.6 Å². The molecule has 0 spiro atoms. The topological polar surface area (TPSA) is 84.2 Å². The number of carbonyl (C=O) groups is 2. The minimum Gasteiger partial charge on any atom is -0.454 e. The predicted molar refractivity (Wildman–Crippen MR) is 110 cm³/mol. The van der Waals surface area contributed by atoms with Crippen LogP contribution in [-0.2, 0) is 4.79 Å². The number of halogens is 1. The van der Waals surface area contributed by atoms with Gasteiger partial charge in [-0.05, 0) is 24.3 Å². The highest BCUT2D eigenvalue weighted by Crippen LogP contribution is 2.30. The number of para-hydroxylation sites is 1. The van der Waals surface area contributed by atoms with Gasteiger partial charge in [0.25, 0.3) is 5.91 Å². The fourth-order valence-corrected chi connectivity index (χ4v) is 3.55. The predicted octanol–water partition coefficient (Wildman–Crippen LogP) is 4.58. The van der Waals surface area contributed by atoms with Gasteiger partial charge in [0.2, 0.25) is 5.91 Å². The monoisotopic (exact) mass is 411 g/mol. The SMILES string of the molecule is O=C(CNC(=O)c1ccccc1Cl)Nc1nc(-c2cc3ccccc3o2)cs1. The quantitative estimate of drug-likeness (QED) is 0.503. The third-order valence-electron chi connectivity index (χ3n) is 3.96. The highest BCUT2D eigenvalue weighted by atomic mass is 35.5. The van der Waals surface area contributed by atoms with Crippen LogP contribution in [0.1, 0.15) is 10.4 Å². The van der Waals surface area contributed by atoms with Crippen molar-refractivity contribution in [1.82, 2.24) is 10.3 Å². The maximum atomic E-state index is 12.1. The zero-order valence-corrected chi connectivity index (χ0v) is 16.0. The summed E-state index contributed by atoms with van der Waals surface area (Å²) in [5.41, 5.74) is 1.73. The molecule has 6 nitrogen and oxygen atoms in total. The molecule has 140 valence electrons. The number of nitrogens with zero attached hydrogens (tertiary/aromatic N) is 1. The molecule has 0 saturated carbocycles. The Morgan fingerprint density at radius 2 is 1.89 bits per heavy atom. The number of rotatable bonds is 5. The first-order valence-corrected chi connectivity index (χ1v) is 9.63. The summed E-state index contributed by atoms with van der Waals surface area (Å²) in [6, 6.07) is 16.2. The molecule has 0 aliphatic rings. The maximum absolute atomic E-state index is 12.1. The lowest BCUT2D eigenvalue weighted by atomic mass is 10.2. The van der Waals surface area contributed by atoms with E-state index in [1.165, 1.54) is 11.3 Å². The molecule has 2 aromatic heterocycles. The Kier molecular flexibility index (Phi) is 5.10. The number of hydrogen-bond acceptors (Lipinski definition) is 5. The van der Waals surface area contributed by atoms with Gasteiger partial charge in [-0.3, -0.25) is 9.59 Å². The smallest absolute Gasteiger partial charge is 0.253 e. The lowest BCUT2D eigenvalue weighted by Crippen LogP contribution is -2.32. The van der Waals surface area contributed by atoms with E-state index in [1.807, 2.05) is 30.3 Å². The first-order valence-electron chi connectivity index (χ1n) is 8.37. The maximum Gasteiger partial charge on any atom is 0.253 e. The van der Waals surface area contributed by atoms with E-state index in [9.17, 15) is 9.59 Å². The second-order valence-corrected chi connectivity index (χ2v) is 7.16. The lowest BCUT2D eigenvalue weighted by Gasteiger charge is -2.06. The number of hydrogen-bond donors (Lipinski definition) is 2. The van der Waals surface area contributed by atoms with Crippen LogP contribution in [0, 0.1) is 0 Å². The van der Waals surface area contributed by atoms with Crippen LogP contribution >= 0.6 is 22.9 Å². The van der Waals surface area contributed by atoms with Gasteiger partial charge in [0.15, 0.2) is 10.9 Å². The molecule has 4 aromatic rings. The van der Waals surface area contributed by atoms with Crippen molar-refractivity contribution < 1.29 is 14.0 Å². The summed E-state index contributed by atoms with van der Waals surface area (Å²) in [6.07, 6.45) is 0. The summed E-state index contributed by atoms with van der Waals surface area (Å²) in [5, 5.41) is 8.74. The van der Waals surface area contributed by atoms with Crippen LogP contribution in [0.2, 0.25) is 5.02 Å².